The minimum absolute atomic E-state index is 0.0864. The molecule has 0 N–H and O–H groups in total. The van der Waals surface area contributed by atoms with Crippen LogP contribution in [-0.4, -0.2) is 20.5 Å². The zero-order valence-corrected chi connectivity index (χ0v) is 11.4. The molecule has 0 spiro atoms. The molecule has 0 aliphatic rings. The Balaban J connectivity index is 2.33. The number of rotatable bonds is 4. The van der Waals surface area contributed by atoms with Crippen molar-refractivity contribution in [2.24, 2.45) is 0 Å². The van der Waals surface area contributed by atoms with E-state index in [1.54, 1.807) is 42.5 Å². The first-order valence-corrected chi connectivity index (χ1v) is 7.74. The van der Waals surface area contributed by atoms with E-state index in [0.29, 0.717) is 11.1 Å². The molecule has 0 amide bonds. The third-order valence-electron chi connectivity index (χ3n) is 2.82. The smallest absolute Gasteiger partial charge is 0.175 e. The zero-order valence-electron chi connectivity index (χ0n) is 10.5. The number of Topliss-reactive ketones (excluding diaryl/α,β-unsaturated/α-hetero) is 1. The first-order chi connectivity index (χ1) is 8.98. The molecule has 0 saturated carbocycles. The molecule has 2 rings (SSSR count). The fourth-order valence-electron chi connectivity index (χ4n) is 1.91. The van der Waals surface area contributed by atoms with Crippen LogP contribution in [0.15, 0.2) is 59.5 Å². The molecule has 0 saturated heterocycles. The fraction of sp³-hybridized carbons (Fsp3) is 0.133. The lowest BCUT2D eigenvalue weighted by molar-refractivity contribution is 0.0992. The predicted molar refractivity (Wildman–Crippen MR) is 74.0 cm³/mol. The highest BCUT2D eigenvalue weighted by Crippen LogP contribution is 2.17. The average molecular weight is 274 g/mol. The van der Waals surface area contributed by atoms with Gasteiger partial charge in [-0.2, -0.15) is 0 Å². The molecule has 0 aliphatic carbocycles. The van der Waals surface area contributed by atoms with Crippen molar-refractivity contribution in [3.63, 3.8) is 0 Å². The van der Waals surface area contributed by atoms with Gasteiger partial charge in [-0.1, -0.05) is 48.5 Å². The highest BCUT2D eigenvalue weighted by Gasteiger charge is 2.15. The lowest BCUT2D eigenvalue weighted by Crippen LogP contribution is -2.08. The summed E-state index contributed by atoms with van der Waals surface area (Å²) in [6.45, 7) is 0. The molecule has 0 atom stereocenters. The number of carbonyl (C=O) groups excluding carboxylic acids is 1. The summed E-state index contributed by atoms with van der Waals surface area (Å²) in [5, 5.41) is 0. The third kappa shape index (κ3) is 3.29. The van der Waals surface area contributed by atoms with Gasteiger partial charge in [0, 0.05) is 18.2 Å². The number of carbonyl (C=O) groups is 1. The Hall–Kier alpha value is -1.94. The second-order valence-corrected chi connectivity index (χ2v) is 6.33. The van der Waals surface area contributed by atoms with Gasteiger partial charge < -0.3 is 0 Å². The Labute approximate surface area is 112 Å². The maximum atomic E-state index is 12.1. The SMILES string of the molecule is CS(=O)(=O)c1ccccc1CC(=O)c1ccccc1. The summed E-state index contributed by atoms with van der Waals surface area (Å²) in [7, 11) is -3.31. The van der Waals surface area contributed by atoms with Crippen LogP contribution in [0.4, 0.5) is 0 Å². The van der Waals surface area contributed by atoms with Crippen molar-refractivity contribution in [3.05, 3.63) is 65.7 Å². The van der Waals surface area contributed by atoms with E-state index in [2.05, 4.69) is 0 Å². The average Bonchev–Trinajstić information content (AvgIpc) is 2.39. The summed E-state index contributed by atoms with van der Waals surface area (Å²) in [6, 6.07) is 15.5. The standard InChI is InChI=1S/C15H14O3S/c1-19(17,18)15-10-6-5-9-13(15)11-14(16)12-7-3-2-4-8-12/h2-10H,11H2,1H3. The first kappa shape index (κ1) is 13.5. The quantitative estimate of drug-likeness (QED) is 0.805. The largest absolute Gasteiger partial charge is 0.294 e. The van der Waals surface area contributed by atoms with Gasteiger partial charge in [-0.05, 0) is 11.6 Å². The summed E-state index contributed by atoms with van der Waals surface area (Å²) >= 11 is 0. The molecule has 0 unspecified atom stereocenters. The van der Waals surface area contributed by atoms with Crippen molar-refractivity contribution in [2.45, 2.75) is 11.3 Å². The van der Waals surface area contributed by atoms with E-state index in [0.717, 1.165) is 6.26 Å². The molecule has 0 bridgehead atoms. The Morgan fingerprint density at radius 2 is 1.53 bits per heavy atom. The van der Waals surface area contributed by atoms with E-state index in [1.807, 2.05) is 6.07 Å². The maximum Gasteiger partial charge on any atom is 0.175 e. The Kier molecular flexibility index (Phi) is 3.81. The van der Waals surface area contributed by atoms with Crippen molar-refractivity contribution in [2.75, 3.05) is 6.26 Å². The van der Waals surface area contributed by atoms with Gasteiger partial charge in [0.2, 0.25) is 0 Å². The van der Waals surface area contributed by atoms with Gasteiger partial charge in [-0.15, -0.1) is 0 Å². The summed E-state index contributed by atoms with van der Waals surface area (Å²) in [6.07, 6.45) is 1.24. The van der Waals surface area contributed by atoms with Crippen molar-refractivity contribution in [1.82, 2.24) is 0 Å². The Bertz CT molecular complexity index is 688. The van der Waals surface area contributed by atoms with Gasteiger partial charge in [0.15, 0.2) is 15.6 Å². The third-order valence-corrected chi connectivity index (χ3v) is 4.02. The van der Waals surface area contributed by atoms with Crippen LogP contribution in [0.2, 0.25) is 0 Å². The molecular formula is C15H14O3S. The number of sulfone groups is 1. The molecule has 2 aromatic carbocycles. The van der Waals surface area contributed by atoms with Crippen molar-refractivity contribution >= 4 is 15.6 Å². The predicted octanol–water partition coefficient (Wildman–Crippen LogP) is 2.52. The van der Waals surface area contributed by atoms with Crippen LogP contribution in [0.5, 0.6) is 0 Å². The van der Waals surface area contributed by atoms with E-state index in [9.17, 15) is 13.2 Å². The van der Waals surface area contributed by atoms with E-state index >= 15 is 0 Å². The van der Waals surface area contributed by atoms with Crippen LogP contribution in [0.3, 0.4) is 0 Å². The number of hydrogen-bond acceptors (Lipinski definition) is 3. The van der Waals surface area contributed by atoms with Gasteiger partial charge in [-0.25, -0.2) is 8.42 Å². The molecule has 0 radical (unpaired) electrons. The highest BCUT2D eigenvalue weighted by atomic mass is 32.2. The minimum atomic E-state index is -3.31. The van der Waals surface area contributed by atoms with Gasteiger partial charge in [-0.3, -0.25) is 4.79 Å². The molecule has 3 nitrogen and oxygen atoms in total. The maximum absolute atomic E-state index is 12.1. The van der Waals surface area contributed by atoms with E-state index < -0.39 is 9.84 Å². The lowest BCUT2D eigenvalue weighted by atomic mass is 10.0. The molecular weight excluding hydrogens is 260 g/mol. The second kappa shape index (κ2) is 5.36. The lowest BCUT2D eigenvalue weighted by Gasteiger charge is -2.07. The molecule has 0 aromatic heterocycles. The summed E-state index contributed by atoms with van der Waals surface area (Å²) in [5.74, 6) is -0.0864. The molecule has 0 fully saturated rings. The van der Waals surface area contributed by atoms with Gasteiger partial charge in [0.25, 0.3) is 0 Å². The van der Waals surface area contributed by atoms with Crippen LogP contribution in [0.1, 0.15) is 15.9 Å². The van der Waals surface area contributed by atoms with E-state index in [1.165, 1.54) is 6.07 Å². The van der Waals surface area contributed by atoms with E-state index in [-0.39, 0.29) is 17.1 Å². The van der Waals surface area contributed by atoms with Crippen molar-refractivity contribution in [1.29, 1.82) is 0 Å². The summed E-state index contributed by atoms with van der Waals surface area (Å²) in [5.41, 5.74) is 1.13. The van der Waals surface area contributed by atoms with Crippen LogP contribution >= 0.6 is 0 Å². The van der Waals surface area contributed by atoms with Crippen molar-refractivity contribution in [3.8, 4) is 0 Å². The summed E-state index contributed by atoms with van der Waals surface area (Å²) in [4.78, 5) is 12.3. The normalized spacial score (nSPS) is 11.2. The minimum Gasteiger partial charge on any atom is -0.294 e. The molecule has 19 heavy (non-hydrogen) atoms. The van der Waals surface area contributed by atoms with Gasteiger partial charge in [0.1, 0.15) is 0 Å². The van der Waals surface area contributed by atoms with Crippen LogP contribution in [-0.2, 0) is 16.3 Å². The fourth-order valence-corrected chi connectivity index (χ4v) is 2.85. The zero-order chi connectivity index (χ0) is 13.9. The number of hydrogen-bond donors (Lipinski definition) is 0. The Morgan fingerprint density at radius 1 is 0.947 bits per heavy atom. The molecule has 2 aromatic rings. The molecule has 4 heteroatoms. The Morgan fingerprint density at radius 3 is 2.16 bits per heavy atom. The monoisotopic (exact) mass is 274 g/mol. The first-order valence-electron chi connectivity index (χ1n) is 5.84. The highest BCUT2D eigenvalue weighted by molar-refractivity contribution is 7.90. The number of benzene rings is 2. The second-order valence-electron chi connectivity index (χ2n) is 4.35. The summed E-state index contributed by atoms with van der Waals surface area (Å²) < 4.78 is 23.3. The van der Waals surface area contributed by atoms with Gasteiger partial charge in [0.05, 0.1) is 4.90 Å². The topological polar surface area (TPSA) is 51.2 Å². The van der Waals surface area contributed by atoms with E-state index in [4.69, 9.17) is 0 Å². The molecule has 0 heterocycles. The van der Waals surface area contributed by atoms with Gasteiger partial charge >= 0.3 is 0 Å². The van der Waals surface area contributed by atoms with Crippen LogP contribution in [0.25, 0.3) is 0 Å². The molecule has 0 aliphatic heterocycles. The van der Waals surface area contributed by atoms with Crippen LogP contribution in [0, 0.1) is 0 Å². The number of ketones is 1. The van der Waals surface area contributed by atoms with Crippen LogP contribution < -0.4 is 0 Å². The van der Waals surface area contributed by atoms with Crippen molar-refractivity contribution < 1.29 is 13.2 Å². The molecule has 98 valence electrons.